The molecule has 9 heteroatoms. The molecule has 0 bridgehead atoms. The number of urea groups is 1. The lowest BCUT2D eigenvalue weighted by atomic mass is 10.1. The van der Waals surface area contributed by atoms with Gasteiger partial charge in [-0.2, -0.15) is 0 Å². The first kappa shape index (κ1) is 25.3. The molecule has 0 atom stereocenters. The third kappa shape index (κ3) is 5.78. The van der Waals surface area contributed by atoms with Crippen molar-refractivity contribution in [2.45, 2.75) is 32.0 Å². The van der Waals surface area contributed by atoms with E-state index in [-0.39, 0.29) is 5.54 Å². The Morgan fingerprint density at radius 1 is 1.00 bits per heavy atom. The van der Waals surface area contributed by atoms with E-state index in [1.54, 1.807) is 43.6 Å². The van der Waals surface area contributed by atoms with Gasteiger partial charge >= 0.3 is 6.03 Å². The van der Waals surface area contributed by atoms with E-state index < -0.39 is 12.7 Å². The summed E-state index contributed by atoms with van der Waals surface area (Å²) in [5.74, 6) is 1.22. The number of hydrogen-bond acceptors (Lipinski definition) is 6. The molecule has 1 aromatic heterocycles. The summed E-state index contributed by atoms with van der Waals surface area (Å²) in [5, 5.41) is 9.80. The maximum atomic E-state index is 13.1. The molecule has 0 saturated heterocycles. The maximum absolute atomic E-state index is 13.1. The van der Waals surface area contributed by atoms with Crippen molar-refractivity contribution in [3.63, 3.8) is 0 Å². The zero-order valence-electron chi connectivity index (χ0n) is 21.3. The van der Waals surface area contributed by atoms with Crippen LogP contribution in [0.3, 0.4) is 0 Å². The number of benzene rings is 3. The largest absolute Gasteiger partial charge is 0.493 e. The number of carbonyl (C=O) groups excluding carboxylic acids is 1. The van der Waals surface area contributed by atoms with E-state index in [2.05, 4.69) is 20.9 Å². The smallest absolute Gasteiger partial charge is 0.323 e. The molecule has 38 heavy (non-hydrogen) atoms. The van der Waals surface area contributed by atoms with Crippen molar-refractivity contribution in [2.75, 3.05) is 29.7 Å². The molecule has 1 saturated carbocycles. The Labute approximate surface area is 220 Å². The second-order valence-corrected chi connectivity index (χ2v) is 9.59. The Hall–Kier alpha value is -4.37. The zero-order valence-corrected chi connectivity index (χ0v) is 21.3. The number of halogens is 1. The number of methoxy groups -OCH3 is 1. The number of alkyl halides is 1. The number of aryl methyl sites for hydroxylation is 1. The van der Waals surface area contributed by atoms with Gasteiger partial charge in [0.15, 0.2) is 11.5 Å². The third-order valence-corrected chi connectivity index (χ3v) is 6.61. The van der Waals surface area contributed by atoms with Crippen molar-refractivity contribution >= 4 is 39.7 Å². The lowest BCUT2D eigenvalue weighted by molar-refractivity contribution is 0.262. The highest BCUT2D eigenvalue weighted by atomic mass is 19.1. The van der Waals surface area contributed by atoms with Gasteiger partial charge in [-0.1, -0.05) is 6.07 Å². The number of ether oxygens (including phenoxy) is 2. The second-order valence-electron chi connectivity index (χ2n) is 9.59. The van der Waals surface area contributed by atoms with Gasteiger partial charge in [0, 0.05) is 40.4 Å². The molecule has 0 spiro atoms. The summed E-state index contributed by atoms with van der Waals surface area (Å²) in [5.41, 5.74) is 10.9. The van der Waals surface area contributed by atoms with Crippen LogP contribution in [0.25, 0.3) is 10.9 Å². The van der Waals surface area contributed by atoms with E-state index in [1.165, 1.54) is 0 Å². The summed E-state index contributed by atoms with van der Waals surface area (Å²) in [4.78, 5) is 16.9. The van der Waals surface area contributed by atoms with E-state index in [0.29, 0.717) is 35.0 Å². The van der Waals surface area contributed by atoms with Gasteiger partial charge in [-0.3, -0.25) is 4.98 Å². The predicted octanol–water partition coefficient (Wildman–Crippen LogP) is 6.28. The summed E-state index contributed by atoms with van der Waals surface area (Å²) < 4.78 is 24.6. The van der Waals surface area contributed by atoms with Gasteiger partial charge in [-0.05, 0) is 79.4 Å². The van der Waals surface area contributed by atoms with E-state index in [9.17, 15) is 9.18 Å². The first-order chi connectivity index (χ1) is 18.4. The molecule has 3 aromatic carbocycles. The van der Waals surface area contributed by atoms with Crippen molar-refractivity contribution in [3.05, 3.63) is 78.0 Å². The summed E-state index contributed by atoms with van der Waals surface area (Å²) in [6, 6.07) is 17.7. The van der Waals surface area contributed by atoms with Crippen LogP contribution in [0.15, 0.2) is 66.9 Å². The Bertz CT molecular complexity index is 1470. The van der Waals surface area contributed by atoms with E-state index in [4.69, 9.17) is 15.2 Å². The molecule has 1 fully saturated rings. The number of nitrogens with zero attached hydrogens (tertiary/aromatic N) is 1. The first-order valence-corrected chi connectivity index (χ1v) is 12.3. The first-order valence-electron chi connectivity index (χ1n) is 12.3. The van der Waals surface area contributed by atoms with Crippen LogP contribution in [-0.4, -0.2) is 30.3 Å². The maximum Gasteiger partial charge on any atom is 0.323 e. The number of nitrogens with one attached hydrogen (secondary N) is 3. The number of amides is 2. The molecule has 2 amide bonds. The van der Waals surface area contributed by atoms with E-state index in [1.807, 2.05) is 37.3 Å². The molecular weight excluding hydrogens is 485 g/mol. The third-order valence-electron chi connectivity index (χ3n) is 6.61. The van der Waals surface area contributed by atoms with Crippen molar-refractivity contribution in [1.82, 2.24) is 4.98 Å². The van der Waals surface area contributed by atoms with Gasteiger partial charge in [0.1, 0.15) is 13.3 Å². The van der Waals surface area contributed by atoms with Crippen LogP contribution in [0.1, 0.15) is 24.0 Å². The van der Waals surface area contributed by atoms with Gasteiger partial charge in [-0.15, -0.1) is 0 Å². The van der Waals surface area contributed by atoms with E-state index in [0.717, 1.165) is 40.7 Å². The number of nitrogens with two attached hydrogens (primary N) is 1. The Morgan fingerprint density at radius 2 is 1.71 bits per heavy atom. The van der Waals surface area contributed by atoms with Crippen LogP contribution in [0.4, 0.5) is 31.9 Å². The van der Waals surface area contributed by atoms with Crippen molar-refractivity contribution in [3.8, 4) is 11.5 Å². The molecule has 1 heterocycles. The molecule has 0 unspecified atom stereocenters. The van der Waals surface area contributed by atoms with Gasteiger partial charge in [0.05, 0.1) is 18.2 Å². The number of anilines is 4. The van der Waals surface area contributed by atoms with Gasteiger partial charge < -0.3 is 31.2 Å². The number of hydrogen-bond donors (Lipinski definition) is 4. The average Bonchev–Trinajstić information content (AvgIpc) is 3.66. The van der Waals surface area contributed by atoms with Crippen molar-refractivity contribution in [1.29, 1.82) is 0 Å². The Balaban J connectivity index is 1.26. The van der Waals surface area contributed by atoms with Crippen molar-refractivity contribution in [2.24, 2.45) is 5.73 Å². The predicted molar refractivity (Wildman–Crippen MR) is 148 cm³/mol. The van der Waals surface area contributed by atoms with Crippen LogP contribution in [0.2, 0.25) is 0 Å². The summed E-state index contributed by atoms with van der Waals surface area (Å²) in [6.07, 6.45) is 3.65. The topological polar surface area (TPSA) is 111 Å². The molecule has 1 aliphatic carbocycles. The van der Waals surface area contributed by atoms with Crippen molar-refractivity contribution < 1.29 is 18.7 Å². The molecule has 196 valence electrons. The Morgan fingerprint density at radius 3 is 2.42 bits per heavy atom. The SMILES string of the molecule is COc1cc2c(Nc3ccc(NC(=O)Nc4ccc(C)c(CF)c4)cc3)ccnc2cc1OCC1(N)CC1. The van der Waals surface area contributed by atoms with Gasteiger partial charge in [0.25, 0.3) is 0 Å². The average molecular weight is 516 g/mol. The highest BCUT2D eigenvalue weighted by Crippen LogP contribution is 2.38. The fourth-order valence-electron chi connectivity index (χ4n) is 4.04. The molecule has 5 rings (SSSR count). The summed E-state index contributed by atoms with van der Waals surface area (Å²) >= 11 is 0. The zero-order chi connectivity index (χ0) is 26.7. The highest BCUT2D eigenvalue weighted by Gasteiger charge is 2.39. The number of fused-ring (bicyclic) bond motifs is 1. The lowest BCUT2D eigenvalue weighted by Crippen LogP contribution is -2.29. The second kappa shape index (κ2) is 10.5. The molecular formula is C29H30FN5O3. The van der Waals surface area contributed by atoms with Crippen LogP contribution in [0.5, 0.6) is 11.5 Å². The molecule has 1 aliphatic rings. The van der Waals surface area contributed by atoms with Crippen LogP contribution in [0, 0.1) is 6.92 Å². The monoisotopic (exact) mass is 515 g/mol. The molecule has 4 aromatic rings. The Kier molecular flexibility index (Phi) is 7.02. The summed E-state index contributed by atoms with van der Waals surface area (Å²) in [6.45, 7) is 1.69. The van der Waals surface area contributed by atoms with E-state index >= 15 is 0 Å². The quantitative estimate of drug-likeness (QED) is 0.209. The number of pyridine rings is 1. The highest BCUT2D eigenvalue weighted by molar-refractivity contribution is 6.00. The fourth-order valence-corrected chi connectivity index (χ4v) is 4.04. The molecule has 8 nitrogen and oxygen atoms in total. The van der Waals surface area contributed by atoms with Crippen LogP contribution >= 0.6 is 0 Å². The number of rotatable bonds is 9. The standard InChI is InChI=1S/C29H30FN5O3/c1-18-3-4-22(13-19(18)16-30)35-28(36)34-21-7-5-20(6-8-21)33-24-9-12-32-25-15-27(26(37-2)14-23(24)25)38-17-29(31)10-11-29/h3-9,12-15H,10-11,16-17,31H2,1-2H3,(H,32,33)(H2,34,35,36). The lowest BCUT2D eigenvalue weighted by Gasteiger charge is -2.16. The van der Waals surface area contributed by atoms with Crippen LogP contribution < -0.4 is 31.2 Å². The number of aromatic nitrogens is 1. The minimum Gasteiger partial charge on any atom is -0.493 e. The van der Waals surface area contributed by atoms with Crippen LogP contribution in [-0.2, 0) is 6.67 Å². The normalized spacial score (nSPS) is 13.6. The van der Waals surface area contributed by atoms with Gasteiger partial charge in [0.2, 0.25) is 0 Å². The molecule has 0 radical (unpaired) electrons. The molecule has 0 aliphatic heterocycles. The minimum atomic E-state index is -0.583. The fraction of sp³-hybridized carbons (Fsp3) is 0.241. The number of carbonyl (C=O) groups is 1. The summed E-state index contributed by atoms with van der Waals surface area (Å²) in [7, 11) is 1.60. The minimum absolute atomic E-state index is 0.238. The van der Waals surface area contributed by atoms with Gasteiger partial charge in [-0.25, -0.2) is 9.18 Å². The molecule has 5 N–H and O–H groups in total.